The van der Waals surface area contributed by atoms with Crippen LogP contribution in [0.5, 0.6) is 0 Å². The van der Waals surface area contributed by atoms with Gasteiger partial charge in [0.05, 0.1) is 24.0 Å². The Labute approximate surface area is 122 Å². The molecule has 0 heterocycles. The summed E-state index contributed by atoms with van der Waals surface area (Å²) in [5.41, 5.74) is 0. The van der Waals surface area contributed by atoms with Crippen LogP contribution in [-0.2, 0) is 19.1 Å². The van der Waals surface area contributed by atoms with Crippen molar-refractivity contribution in [3.05, 3.63) is 0 Å². The van der Waals surface area contributed by atoms with Crippen LogP contribution < -0.4 is 0 Å². The number of rotatable bonds is 4. The molecule has 1 aliphatic carbocycles. The van der Waals surface area contributed by atoms with Crippen molar-refractivity contribution in [3.63, 3.8) is 0 Å². The van der Waals surface area contributed by atoms with Crippen molar-refractivity contribution in [1.29, 1.82) is 0 Å². The first-order valence-corrected chi connectivity index (χ1v) is 7.72. The van der Waals surface area contributed by atoms with Crippen LogP contribution in [0.1, 0.15) is 60.3 Å². The number of hydrogen-bond acceptors (Lipinski definition) is 4. The van der Waals surface area contributed by atoms with Gasteiger partial charge in [0.15, 0.2) is 0 Å². The van der Waals surface area contributed by atoms with Crippen LogP contribution in [0.2, 0.25) is 0 Å². The van der Waals surface area contributed by atoms with Crippen molar-refractivity contribution in [2.45, 2.75) is 72.5 Å². The van der Waals surface area contributed by atoms with Crippen LogP contribution >= 0.6 is 0 Å². The van der Waals surface area contributed by atoms with E-state index in [0.29, 0.717) is 18.8 Å². The van der Waals surface area contributed by atoms with Crippen LogP contribution in [-0.4, -0.2) is 24.1 Å². The SMILES string of the molecule is CC1CCCC(C(=O)OC(C)C)C(C(=O)OC(C)C)C1. The van der Waals surface area contributed by atoms with Gasteiger partial charge in [0.2, 0.25) is 0 Å². The Morgan fingerprint density at radius 1 is 0.900 bits per heavy atom. The number of carbonyl (C=O) groups is 2. The van der Waals surface area contributed by atoms with Gasteiger partial charge < -0.3 is 9.47 Å². The largest absolute Gasteiger partial charge is 0.463 e. The Morgan fingerprint density at radius 2 is 1.40 bits per heavy atom. The van der Waals surface area contributed by atoms with Crippen molar-refractivity contribution >= 4 is 11.9 Å². The summed E-state index contributed by atoms with van der Waals surface area (Å²) in [6, 6.07) is 0. The van der Waals surface area contributed by atoms with Crippen molar-refractivity contribution in [2.75, 3.05) is 0 Å². The first kappa shape index (κ1) is 17.0. The summed E-state index contributed by atoms with van der Waals surface area (Å²) in [6.07, 6.45) is 3.14. The van der Waals surface area contributed by atoms with Crippen LogP contribution in [0.3, 0.4) is 0 Å². The molecule has 116 valence electrons. The minimum absolute atomic E-state index is 0.148. The predicted molar refractivity (Wildman–Crippen MR) is 77.1 cm³/mol. The fraction of sp³-hybridized carbons (Fsp3) is 0.875. The molecule has 0 amide bonds. The molecule has 0 saturated heterocycles. The van der Waals surface area contributed by atoms with Crippen molar-refractivity contribution in [1.82, 2.24) is 0 Å². The molecule has 0 spiro atoms. The summed E-state index contributed by atoms with van der Waals surface area (Å²) >= 11 is 0. The Kier molecular flexibility index (Phi) is 6.50. The van der Waals surface area contributed by atoms with Crippen LogP contribution in [0, 0.1) is 17.8 Å². The second kappa shape index (κ2) is 7.65. The van der Waals surface area contributed by atoms with E-state index in [9.17, 15) is 9.59 Å². The summed E-state index contributed by atoms with van der Waals surface area (Å²) in [6.45, 7) is 9.46. The molecule has 4 heteroatoms. The summed E-state index contributed by atoms with van der Waals surface area (Å²) < 4.78 is 10.7. The van der Waals surface area contributed by atoms with E-state index in [1.54, 1.807) is 0 Å². The second-order valence-corrected chi connectivity index (χ2v) is 6.46. The quantitative estimate of drug-likeness (QED) is 0.587. The molecule has 0 radical (unpaired) electrons. The third kappa shape index (κ3) is 5.14. The molecule has 1 aliphatic rings. The van der Waals surface area contributed by atoms with E-state index in [-0.39, 0.29) is 36.0 Å². The van der Waals surface area contributed by atoms with Crippen molar-refractivity contribution in [3.8, 4) is 0 Å². The number of hydrogen-bond donors (Lipinski definition) is 0. The van der Waals surface area contributed by atoms with E-state index >= 15 is 0 Å². The Bertz CT molecular complexity index is 335. The maximum atomic E-state index is 12.3. The molecule has 0 aromatic heterocycles. The lowest BCUT2D eigenvalue weighted by Gasteiger charge is -2.25. The minimum atomic E-state index is -0.360. The number of esters is 2. The molecule has 0 aromatic rings. The van der Waals surface area contributed by atoms with Gasteiger partial charge in [-0.1, -0.05) is 19.8 Å². The highest BCUT2D eigenvalue weighted by Crippen LogP contribution is 2.34. The topological polar surface area (TPSA) is 52.6 Å². The summed E-state index contributed by atoms with van der Waals surface area (Å²) in [7, 11) is 0. The van der Waals surface area contributed by atoms with Crippen LogP contribution in [0.15, 0.2) is 0 Å². The van der Waals surface area contributed by atoms with Gasteiger partial charge in [-0.2, -0.15) is 0 Å². The molecule has 0 bridgehead atoms. The molecule has 4 nitrogen and oxygen atoms in total. The zero-order valence-corrected chi connectivity index (χ0v) is 13.3. The van der Waals surface area contributed by atoms with Gasteiger partial charge in [-0.05, 0) is 46.5 Å². The molecule has 1 fully saturated rings. The summed E-state index contributed by atoms with van der Waals surface area (Å²) in [5.74, 6) is -0.773. The second-order valence-electron chi connectivity index (χ2n) is 6.46. The van der Waals surface area contributed by atoms with E-state index in [1.165, 1.54) is 0 Å². The fourth-order valence-electron chi connectivity index (χ4n) is 2.79. The number of ether oxygens (including phenoxy) is 2. The molecule has 1 saturated carbocycles. The Balaban J connectivity index is 2.84. The fourth-order valence-corrected chi connectivity index (χ4v) is 2.79. The first-order chi connectivity index (χ1) is 9.31. The van der Waals surface area contributed by atoms with Gasteiger partial charge in [0.1, 0.15) is 0 Å². The van der Waals surface area contributed by atoms with E-state index in [0.717, 1.165) is 12.8 Å². The van der Waals surface area contributed by atoms with Gasteiger partial charge in [-0.3, -0.25) is 9.59 Å². The van der Waals surface area contributed by atoms with Crippen LogP contribution in [0.4, 0.5) is 0 Å². The third-order valence-electron chi connectivity index (χ3n) is 3.66. The smallest absolute Gasteiger partial charge is 0.310 e. The predicted octanol–water partition coefficient (Wildman–Crippen LogP) is 3.33. The maximum Gasteiger partial charge on any atom is 0.310 e. The standard InChI is InChI=1S/C16H28O4/c1-10(2)19-15(17)13-8-6-7-12(5)9-14(13)16(18)20-11(3)4/h10-14H,6-9H2,1-5H3. The van der Waals surface area contributed by atoms with E-state index in [1.807, 2.05) is 27.7 Å². The van der Waals surface area contributed by atoms with Gasteiger partial charge in [-0.15, -0.1) is 0 Å². The van der Waals surface area contributed by atoms with E-state index in [4.69, 9.17) is 9.47 Å². The molecular formula is C16H28O4. The first-order valence-electron chi connectivity index (χ1n) is 7.72. The third-order valence-corrected chi connectivity index (χ3v) is 3.66. The van der Waals surface area contributed by atoms with E-state index in [2.05, 4.69) is 6.92 Å². The Morgan fingerprint density at radius 3 is 1.90 bits per heavy atom. The highest BCUT2D eigenvalue weighted by molar-refractivity contribution is 5.82. The molecule has 0 aliphatic heterocycles. The van der Waals surface area contributed by atoms with Gasteiger partial charge in [0, 0.05) is 0 Å². The zero-order valence-electron chi connectivity index (χ0n) is 13.3. The molecule has 0 aromatic carbocycles. The Hall–Kier alpha value is -1.06. The van der Waals surface area contributed by atoms with E-state index < -0.39 is 0 Å². The summed E-state index contributed by atoms with van der Waals surface area (Å²) in [4.78, 5) is 24.5. The van der Waals surface area contributed by atoms with Crippen molar-refractivity contribution < 1.29 is 19.1 Å². The highest BCUT2D eigenvalue weighted by atomic mass is 16.6. The van der Waals surface area contributed by atoms with Crippen molar-refractivity contribution in [2.24, 2.45) is 17.8 Å². The van der Waals surface area contributed by atoms with Gasteiger partial charge in [-0.25, -0.2) is 0 Å². The molecular weight excluding hydrogens is 256 g/mol. The van der Waals surface area contributed by atoms with Crippen LogP contribution in [0.25, 0.3) is 0 Å². The molecule has 20 heavy (non-hydrogen) atoms. The molecule has 3 atom stereocenters. The van der Waals surface area contributed by atoms with Gasteiger partial charge in [0.25, 0.3) is 0 Å². The normalized spacial score (nSPS) is 27.2. The molecule has 1 rings (SSSR count). The molecule has 0 N–H and O–H groups in total. The monoisotopic (exact) mass is 284 g/mol. The average molecular weight is 284 g/mol. The number of carbonyl (C=O) groups excluding carboxylic acids is 2. The highest BCUT2D eigenvalue weighted by Gasteiger charge is 2.38. The maximum absolute atomic E-state index is 12.3. The molecule has 3 unspecified atom stereocenters. The minimum Gasteiger partial charge on any atom is -0.463 e. The lowest BCUT2D eigenvalue weighted by molar-refractivity contribution is -0.165. The average Bonchev–Trinajstić information content (AvgIpc) is 2.49. The van der Waals surface area contributed by atoms with Gasteiger partial charge >= 0.3 is 11.9 Å². The zero-order chi connectivity index (χ0) is 15.3. The lowest BCUT2D eigenvalue weighted by atomic mass is 9.86. The lowest BCUT2D eigenvalue weighted by Crippen LogP contribution is -2.34. The summed E-state index contributed by atoms with van der Waals surface area (Å²) in [5, 5.41) is 0.